The maximum Gasteiger partial charge on any atom is 0.107 e. The van der Waals surface area contributed by atoms with Crippen LogP contribution < -0.4 is 10.4 Å². The van der Waals surface area contributed by atoms with Crippen LogP contribution >= 0.6 is 0 Å². The molecular formula is C32H54Si2. The molecule has 0 saturated heterocycles. The molecule has 0 heterocycles. The Morgan fingerprint density at radius 1 is 0.441 bits per heavy atom. The molecule has 0 saturated carbocycles. The molecule has 0 aliphatic rings. The summed E-state index contributed by atoms with van der Waals surface area (Å²) in [6.45, 7) is 15.0. The van der Waals surface area contributed by atoms with E-state index >= 15 is 0 Å². The smallest absolute Gasteiger partial charge is 0.0709 e. The van der Waals surface area contributed by atoms with Crippen molar-refractivity contribution in [3.05, 3.63) is 59.7 Å². The van der Waals surface area contributed by atoms with E-state index in [4.69, 9.17) is 0 Å². The fourth-order valence-corrected chi connectivity index (χ4v) is 15.2. The minimum atomic E-state index is -1.72. The van der Waals surface area contributed by atoms with Crippen LogP contribution in [0.2, 0.25) is 26.2 Å². The SMILES string of the molecule is CCCCCCCCc1ccc([Si](C)(c2ccc(CCCCCCCC)cc2)[Si](C)(C)C)cc1. The van der Waals surface area contributed by atoms with Crippen LogP contribution in [0, 0.1) is 0 Å². The standard InChI is InChI=1S/C32H54Si2/c1-7-9-11-13-15-17-19-29-21-25-31(26-22-29)34(6,33(3,4)5)32-27-23-30(24-28-32)20-18-16-14-12-10-8-2/h21-28H,7-20H2,1-6H3. The topological polar surface area (TPSA) is 0 Å². The summed E-state index contributed by atoms with van der Waals surface area (Å²) in [7, 11) is -3.09. The minimum absolute atomic E-state index is 1.24. The van der Waals surface area contributed by atoms with E-state index in [1.807, 2.05) is 0 Å². The molecule has 0 aliphatic carbocycles. The van der Waals surface area contributed by atoms with Gasteiger partial charge in [-0.1, -0.05) is 163 Å². The monoisotopic (exact) mass is 494 g/mol. The quantitative estimate of drug-likeness (QED) is 0.152. The van der Waals surface area contributed by atoms with Gasteiger partial charge in [-0.15, -0.1) is 0 Å². The Balaban J connectivity index is 2.02. The van der Waals surface area contributed by atoms with Crippen LogP contribution in [0.15, 0.2) is 48.5 Å². The molecule has 0 spiro atoms. The molecule has 0 unspecified atom stereocenters. The maximum atomic E-state index is 2.64. The van der Waals surface area contributed by atoms with Crippen molar-refractivity contribution in [3.8, 4) is 0 Å². The summed E-state index contributed by atoms with van der Waals surface area (Å²) in [5.41, 5.74) is 3.06. The Morgan fingerprint density at radius 2 is 0.765 bits per heavy atom. The normalized spacial score (nSPS) is 12.3. The molecule has 0 aromatic heterocycles. The van der Waals surface area contributed by atoms with Crippen LogP contribution in [-0.4, -0.2) is 15.2 Å². The van der Waals surface area contributed by atoms with Gasteiger partial charge in [0.1, 0.15) is 7.59 Å². The Kier molecular flexibility index (Phi) is 12.9. The van der Waals surface area contributed by atoms with E-state index in [-0.39, 0.29) is 0 Å². The van der Waals surface area contributed by atoms with Gasteiger partial charge < -0.3 is 0 Å². The van der Waals surface area contributed by atoms with Gasteiger partial charge in [0, 0.05) is 7.59 Å². The van der Waals surface area contributed by atoms with Crippen molar-refractivity contribution in [2.75, 3.05) is 0 Å². The largest absolute Gasteiger partial charge is 0.107 e. The molecule has 2 aromatic carbocycles. The van der Waals surface area contributed by atoms with Crippen LogP contribution in [0.1, 0.15) is 102 Å². The molecule has 0 aliphatic heterocycles. The van der Waals surface area contributed by atoms with Crippen molar-refractivity contribution < 1.29 is 0 Å². The molecule has 0 nitrogen and oxygen atoms in total. The van der Waals surface area contributed by atoms with Crippen molar-refractivity contribution in [1.29, 1.82) is 0 Å². The zero-order valence-corrected chi connectivity index (χ0v) is 25.5. The molecule has 0 fully saturated rings. The minimum Gasteiger partial charge on any atom is -0.0709 e. The summed E-state index contributed by atoms with van der Waals surface area (Å²) in [6, 6.07) is 19.8. The third kappa shape index (κ3) is 8.83. The van der Waals surface area contributed by atoms with Crippen molar-refractivity contribution in [3.63, 3.8) is 0 Å². The van der Waals surface area contributed by atoms with Crippen LogP contribution in [0.3, 0.4) is 0 Å². The summed E-state index contributed by atoms with van der Waals surface area (Å²) >= 11 is 0. The summed E-state index contributed by atoms with van der Waals surface area (Å²) in [4.78, 5) is 0. The van der Waals surface area contributed by atoms with Crippen molar-refractivity contribution in [2.45, 2.75) is 130 Å². The molecule has 190 valence electrons. The van der Waals surface area contributed by atoms with E-state index in [2.05, 4.69) is 88.6 Å². The average Bonchev–Trinajstić information content (AvgIpc) is 2.83. The zero-order chi connectivity index (χ0) is 24.9. The highest BCUT2D eigenvalue weighted by atomic mass is 29.3. The van der Waals surface area contributed by atoms with Gasteiger partial charge in [0.25, 0.3) is 0 Å². The molecule has 0 bridgehead atoms. The zero-order valence-electron chi connectivity index (χ0n) is 23.5. The Morgan fingerprint density at radius 3 is 1.09 bits per heavy atom. The fraction of sp³-hybridized carbons (Fsp3) is 0.625. The lowest BCUT2D eigenvalue weighted by Gasteiger charge is -2.40. The van der Waals surface area contributed by atoms with E-state index in [9.17, 15) is 0 Å². The Labute approximate surface area is 214 Å². The lowest BCUT2D eigenvalue weighted by atomic mass is 10.1. The predicted molar refractivity (Wildman–Crippen MR) is 161 cm³/mol. The van der Waals surface area contributed by atoms with E-state index in [0.717, 1.165) is 0 Å². The molecule has 0 radical (unpaired) electrons. The first-order valence-corrected chi connectivity index (χ1v) is 21.5. The number of aryl methyl sites for hydroxylation is 2. The van der Waals surface area contributed by atoms with Crippen LogP contribution in [0.4, 0.5) is 0 Å². The fourth-order valence-electron chi connectivity index (χ4n) is 5.26. The second kappa shape index (κ2) is 15.1. The van der Waals surface area contributed by atoms with Crippen molar-refractivity contribution >= 4 is 25.6 Å². The molecule has 2 heteroatoms. The van der Waals surface area contributed by atoms with Gasteiger partial charge in [-0.05, 0) is 36.8 Å². The molecule has 34 heavy (non-hydrogen) atoms. The summed E-state index contributed by atoms with van der Waals surface area (Å²) < 4.78 is 0. The van der Waals surface area contributed by atoms with E-state index in [1.54, 1.807) is 10.4 Å². The highest BCUT2D eigenvalue weighted by Crippen LogP contribution is 2.21. The number of hydrogen-bond donors (Lipinski definition) is 0. The predicted octanol–water partition coefficient (Wildman–Crippen LogP) is 9.10. The average molecular weight is 495 g/mol. The first-order chi connectivity index (χ1) is 16.3. The highest BCUT2D eigenvalue weighted by Gasteiger charge is 2.44. The second-order valence-corrected chi connectivity index (χ2v) is 27.2. The maximum absolute atomic E-state index is 2.64. The van der Waals surface area contributed by atoms with E-state index < -0.39 is 15.2 Å². The summed E-state index contributed by atoms with van der Waals surface area (Å²) in [5, 5.41) is 3.28. The third-order valence-corrected chi connectivity index (χ3v) is 24.9. The molecule has 0 atom stereocenters. The second-order valence-electron chi connectivity index (χ2n) is 11.8. The van der Waals surface area contributed by atoms with Gasteiger partial charge in [0.05, 0.1) is 0 Å². The van der Waals surface area contributed by atoms with Gasteiger partial charge in [0.2, 0.25) is 0 Å². The van der Waals surface area contributed by atoms with E-state index in [1.165, 1.54) is 101 Å². The number of benzene rings is 2. The Bertz CT molecular complexity index is 724. The van der Waals surface area contributed by atoms with E-state index in [0.29, 0.717) is 0 Å². The number of rotatable bonds is 17. The summed E-state index contributed by atoms with van der Waals surface area (Å²) in [5.74, 6) is 0. The van der Waals surface area contributed by atoms with Gasteiger partial charge >= 0.3 is 0 Å². The molecule has 2 aromatic rings. The van der Waals surface area contributed by atoms with Gasteiger partial charge in [-0.25, -0.2) is 0 Å². The molecule has 0 amide bonds. The first kappa shape index (κ1) is 29.1. The van der Waals surface area contributed by atoms with Gasteiger partial charge in [-0.2, -0.15) is 0 Å². The van der Waals surface area contributed by atoms with Crippen LogP contribution in [0.25, 0.3) is 0 Å². The lowest BCUT2D eigenvalue weighted by molar-refractivity contribution is 0.607. The Hall–Kier alpha value is -1.13. The third-order valence-electron chi connectivity index (χ3n) is 8.20. The van der Waals surface area contributed by atoms with Crippen LogP contribution in [0.5, 0.6) is 0 Å². The van der Waals surface area contributed by atoms with Crippen molar-refractivity contribution in [1.82, 2.24) is 0 Å². The number of hydrogen-bond acceptors (Lipinski definition) is 0. The molecule has 2 rings (SSSR count). The van der Waals surface area contributed by atoms with Crippen LogP contribution in [-0.2, 0) is 12.8 Å². The molecular weight excluding hydrogens is 441 g/mol. The van der Waals surface area contributed by atoms with Gasteiger partial charge in [-0.3, -0.25) is 0 Å². The first-order valence-electron chi connectivity index (χ1n) is 14.5. The highest BCUT2D eigenvalue weighted by molar-refractivity contribution is 7.50. The summed E-state index contributed by atoms with van der Waals surface area (Å²) in [6.07, 6.45) is 19.0. The van der Waals surface area contributed by atoms with Crippen molar-refractivity contribution in [2.24, 2.45) is 0 Å². The lowest BCUT2D eigenvalue weighted by Crippen LogP contribution is -2.71. The molecule has 0 N–H and O–H groups in total. The number of unbranched alkanes of at least 4 members (excludes halogenated alkanes) is 10. The van der Waals surface area contributed by atoms with Gasteiger partial charge in [0.15, 0.2) is 0 Å².